The monoisotopic (exact) mass is 406 g/mol. The van der Waals surface area contributed by atoms with E-state index < -0.39 is 0 Å². The summed E-state index contributed by atoms with van der Waals surface area (Å²) < 4.78 is 11.6. The third-order valence-electron chi connectivity index (χ3n) is 4.33. The molecule has 0 spiro atoms. The number of thioether (sulfide) groups is 1. The molecule has 2 aliphatic rings. The minimum Gasteiger partial charge on any atom is -0.490 e. The van der Waals surface area contributed by atoms with Crippen molar-refractivity contribution in [3.8, 4) is 5.75 Å². The maximum absolute atomic E-state index is 6.01. The molecule has 0 amide bonds. The molecule has 0 bridgehead atoms. The number of benzene rings is 2. The van der Waals surface area contributed by atoms with Crippen LogP contribution in [0.15, 0.2) is 76.4 Å². The highest BCUT2D eigenvalue weighted by Crippen LogP contribution is 2.31. The number of hydrogen-bond donors (Lipinski definition) is 1. The molecule has 6 nitrogen and oxygen atoms in total. The van der Waals surface area contributed by atoms with E-state index in [4.69, 9.17) is 14.5 Å². The zero-order chi connectivity index (χ0) is 20.1. The Hall–Kier alpha value is -3.06. The Morgan fingerprint density at radius 3 is 2.79 bits per heavy atom. The Kier molecular flexibility index (Phi) is 5.95. The van der Waals surface area contributed by atoms with Crippen molar-refractivity contribution in [3.05, 3.63) is 72.3 Å². The van der Waals surface area contributed by atoms with Gasteiger partial charge in [0.15, 0.2) is 5.71 Å². The summed E-state index contributed by atoms with van der Waals surface area (Å²) in [5.74, 6) is 2.19. The van der Waals surface area contributed by atoms with Gasteiger partial charge in [-0.05, 0) is 30.2 Å². The Morgan fingerprint density at radius 2 is 2.00 bits per heavy atom. The van der Waals surface area contributed by atoms with Crippen LogP contribution in [0.3, 0.4) is 0 Å². The van der Waals surface area contributed by atoms with E-state index in [1.54, 1.807) is 17.8 Å². The van der Waals surface area contributed by atoms with E-state index in [0.29, 0.717) is 23.4 Å². The van der Waals surface area contributed by atoms with Crippen molar-refractivity contribution in [1.82, 2.24) is 0 Å². The largest absolute Gasteiger partial charge is 0.490 e. The topological polar surface area (TPSA) is 67.6 Å². The molecular formula is C22H22N4O2S. The lowest BCUT2D eigenvalue weighted by Crippen LogP contribution is -2.24. The Bertz CT molecular complexity index is 983. The van der Waals surface area contributed by atoms with E-state index in [2.05, 4.69) is 29.0 Å². The van der Waals surface area contributed by atoms with Crippen molar-refractivity contribution >= 4 is 34.3 Å². The first kappa shape index (κ1) is 19.3. The van der Waals surface area contributed by atoms with Crippen LogP contribution >= 0.6 is 11.8 Å². The maximum Gasteiger partial charge on any atom is 0.276 e. The van der Waals surface area contributed by atoms with Gasteiger partial charge in [-0.1, -0.05) is 61.7 Å². The number of fused-ring (bicyclic) bond motifs is 3. The lowest BCUT2D eigenvalue weighted by atomic mass is 10.1. The minimum atomic E-state index is -0.317. The second kappa shape index (κ2) is 8.96. The fraction of sp³-hybridized carbons (Fsp3) is 0.227. The first-order valence-corrected chi connectivity index (χ1v) is 10.5. The van der Waals surface area contributed by atoms with Gasteiger partial charge in [-0.2, -0.15) is 0 Å². The van der Waals surface area contributed by atoms with Gasteiger partial charge in [-0.15, -0.1) is 10.2 Å². The second-order valence-electron chi connectivity index (χ2n) is 6.46. The van der Waals surface area contributed by atoms with Crippen LogP contribution in [0.1, 0.15) is 30.6 Å². The van der Waals surface area contributed by atoms with E-state index >= 15 is 0 Å². The fourth-order valence-electron chi connectivity index (χ4n) is 2.96. The molecule has 0 aromatic heterocycles. The van der Waals surface area contributed by atoms with E-state index in [-0.39, 0.29) is 6.17 Å². The van der Waals surface area contributed by atoms with Gasteiger partial charge in [0.1, 0.15) is 18.5 Å². The molecule has 148 valence electrons. The van der Waals surface area contributed by atoms with Crippen molar-refractivity contribution in [2.45, 2.75) is 19.5 Å². The summed E-state index contributed by atoms with van der Waals surface area (Å²) in [6.45, 7) is 6.26. The van der Waals surface area contributed by atoms with Crippen LogP contribution in [-0.2, 0) is 4.74 Å². The van der Waals surface area contributed by atoms with Gasteiger partial charge in [0.05, 0.1) is 0 Å². The summed E-state index contributed by atoms with van der Waals surface area (Å²) in [6, 6.07) is 15.8. The SMILES string of the molecule is C=CCOc1ccc(C2N=C3OC(SCCC)=NN=C3c3ccccc3N2)cc1. The first-order chi connectivity index (χ1) is 14.3. The van der Waals surface area contributed by atoms with Crippen LogP contribution in [-0.4, -0.2) is 29.2 Å². The first-order valence-electron chi connectivity index (χ1n) is 9.52. The molecule has 2 heterocycles. The number of nitrogens with zero attached hydrogens (tertiary/aromatic N) is 3. The van der Waals surface area contributed by atoms with Gasteiger partial charge >= 0.3 is 0 Å². The Morgan fingerprint density at radius 1 is 1.17 bits per heavy atom. The van der Waals surface area contributed by atoms with Crippen LogP contribution in [0.25, 0.3) is 0 Å². The van der Waals surface area contributed by atoms with E-state index in [1.165, 1.54) is 0 Å². The quantitative estimate of drug-likeness (QED) is 0.685. The molecule has 4 rings (SSSR count). The van der Waals surface area contributed by atoms with Crippen LogP contribution in [0, 0.1) is 0 Å². The number of hydrogen-bond acceptors (Lipinski definition) is 7. The summed E-state index contributed by atoms with van der Waals surface area (Å²) in [5, 5.41) is 12.7. The lowest BCUT2D eigenvalue weighted by Gasteiger charge is -2.16. The molecule has 0 aliphatic carbocycles. The van der Waals surface area contributed by atoms with Gasteiger partial charge in [0, 0.05) is 17.0 Å². The lowest BCUT2D eigenvalue weighted by molar-refractivity contribution is 0.363. The molecule has 29 heavy (non-hydrogen) atoms. The molecule has 2 aliphatic heterocycles. The summed E-state index contributed by atoms with van der Waals surface area (Å²) in [5.41, 5.74) is 3.49. The highest BCUT2D eigenvalue weighted by atomic mass is 32.2. The molecule has 0 fully saturated rings. The van der Waals surface area contributed by atoms with Crippen molar-refractivity contribution in [2.24, 2.45) is 15.2 Å². The predicted octanol–water partition coefficient (Wildman–Crippen LogP) is 5.01. The van der Waals surface area contributed by atoms with E-state index in [0.717, 1.165) is 34.7 Å². The highest BCUT2D eigenvalue weighted by molar-refractivity contribution is 8.13. The molecule has 0 saturated carbocycles. The number of para-hydroxylation sites is 1. The van der Waals surface area contributed by atoms with Crippen LogP contribution in [0.2, 0.25) is 0 Å². The van der Waals surface area contributed by atoms with Gasteiger partial charge in [0.2, 0.25) is 5.90 Å². The zero-order valence-electron chi connectivity index (χ0n) is 16.2. The molecule has 0 radical (unpaired) electrons. The normalized spacial score (nSPS) is 17.3. The van der Waals surface area contributed by atoms with Gasteiger partial charge in [-0.25, -0.2) is 4.99 Å². The van der Waals surface area contributed by atoms with Crippen molar-refractivity contribution in [2.75, 3.05) is 17.7 Å². The average molecular weight is 407 g/mol. The van der Waals surface area contributed by atoms with E-state index in [1.807, 2.05) is 48.5 Å². The van der Waals surface area contributed by atoms with Crippen LogP contribution < -0.4 is 10.1 Å². The second-order valence-corrected chi connectivity index (χ2v) is 7.51. The number of aliphatic imine (C=N–C) groups is 1. The van der Waals surface area contributed by atoms with Gasteiger partial charge < -0.3 is 14.8 Å². The molecule has 2 aromatic carbocycles. The fourth-order valence-corrected chi connectivity index (χ4v) is 3.58. The van der Waals surface area contributed by atoms with Crippen LogP contribution in [0.4, 0.5) is 5.69 Å². The van der Waals surface area contributed by atoms with Crippen molar-refractivity contribution in [1.29, 1.82) is 0 Å². The van der Waals surface area contributed by atoms with Crippen molar-refractivity contribution < 1.29 is 9.47 Å². The van der Waals surface area contributed by atoms with Crippen LogP contribution in [0.5, 0.6) is 5.75 Å². The highest BCUT2D eigenvalue weighted by Gasteiger charge is 2.28. The molecule has 2 aromatic rings. The minimum absolute atomic E-state index is 0.317. The van der Waals surface area contributed by atoms with Crippen molar-refractivity contribution in [3.63, 3.8) is 0 Å². The summed E-state index contributed by atoms with van der Waals surface area (Å²) >= 11 is 1.54. The Balaban J connectivity index is 1.68. The number of rotatable bonds is 6. The summed E-state index contributed by atoms with van der Waals surface area (Å²) in [6.07, 6.45) is 2.44. The van der Waals surface area contributed by atoms with Gasteiger partial charge in [-0.3, -0.25) is 0 Å². The maximum atomic E-state index is 6.01. The zero-order valence-corrected chi connectivity index (χ0v) is 17.0. The number of nitrogens with one attached hydrogen (secondary N) is 1. The molecule has 7 heteroatoms. The predicted molar refractivity (Wildman–Crippen MR) is 120 cm³/mol. The molecule has 1 unspecified atom stereocenters. The summed E-state index contributed by atoms with van der Waals surface area (Å²) in [4.78, 5) is 4.83. The molecule has 1 atom stereocenters. The van der Waals surface area contributed by atoms with E-state index in [9.17, 15) is 0 Å². The number of ether oxygens (including phenoxy) is 2. The molecule has 1 N–H and O–H groups in total. The average Bonchev–Trinajstić information content (AvgIpc) is 2.93. The molecule has 0 saturated heterocycles. The standard InChI is InChI=1S/C22H22N4O2S/c1-3-13-27-16-11-9-15(10-12-16)20-23-18-8-6-5-7-17(18)19-21(24-20)28-22(26-25-19)29-14-4-2/h3,5-12,20,23H,1,4,13-14H2,2H3. The Labute approximate surface area is 174 Å². The molecular weight excluding hydrogens is 384 g/mol. The third-order valence-corrected chi connectivity index (χ3v) is 5.36. The summed E-state index contributed by atoms with van der Waals surface area (Å²) in [7, 11) is 0. The number of anilines is 1. The van der Waals surface area contributed by atoms with Gasteiger partial charge in [0.25, 0.3) is 5.23 Å². The smallest absolute Gasteiger partial charge is 0.276 e. The third kappa shape index (κ3) is 4.35.